The molecule has 3 amide bonds. The van der Waals surface area contributed by atoms with Gasteiger partial charge in [0.05, 0.1) is 0 Å². The van der Waals surface area contributed by atoms with Gasteiger partial charge in [0.25, 0.3) is 0 Å². The lowest BCUT2D eigenvalue weighted by atomic mass is 10.1. The summed E-state index contributed by atoms with van der Waals surface area (Å²) in [5, 5.41) is 2.36. The van der Waals surface area contributed by atoms with Crippen LogP contribution in [0.2, 0.25) is 0 Å². The molecule has 0 atom stereocenters. The highest BCUT2D eigenvalue weighted by Gasteiger charge is 2.26. The van der Waals surface area contributed by atoms with E-state index in [0.29, 0.717) is 13.0 Å². The van der Waals surface area contributed by atoms with Gasteiger partial charge in [-0.25, -0.2) is 4.79 Å². The first-order chi connectivity index (χ1) is 10.2. The van der Waals surface area contributed by atoms with Gasteiger partial charge in [0, 0.05) is 18.7 Å². The summed E-state index contributed by atoms with van der Waals surface area (Å²) in [6, 6.07) is 14.1. The number of carbonyl (C=O) groups excluding carboxylic acids is 2. The van der Waals surface area contributed by atoms with Crippen LogP contribution in [0.25, 0.3) is 11.1 Å². The number of imide groups is 1. The number of amides is 3. The molecular formula is C17H14N2O2. The smallest absolute Gasteiger partial charge is 0.294 e. The van der Waals surface area contributed by atoms with E-state index in [1.54, 1.807) is 4.90 Å². The molecule has 0 radical (unpaired) electrons. The molecule has 4 nitrogen and oxygen atoms in total. The van der Waals surface area contributed by atoms with Gasteiger partial charge in [-0.15, -0.1) is 0 Å². The number of carbonyl (C=O) groups is 2. The van der Waals surface area contributed by atoms with E-state index in [1.165, 1.54) is 22.3 Å². The summed E-state index contributed by atoms with van der Waals surface area (Å²) in [6.07, 6.45) is 1.25. The Morgan fingerprint density at radius 3 is 2.62 bits per heavy atom. The maximum Gasteiger partial charge on any atom is 0.328 e. The Morgan fingerprint density at radius 2 is 1.76 bits per heavy atom. The molecule has 4 rings (SSSR count). The molecule has 1 saturated heterocycles. The van der Waals surface area contributed by atoms with Crippen molar-refractivity contribution in [3.8, 4) is 11.1 Å². The molecule has 4 heteroatoms. The molecule has 1 heterocycles. The first-order valence-electron chi connectivity index (χ1n) is 7.05. The Morgan fingerprint density at radius 1 is 0.952 bits per heavy atom. The zero-order valence-corrected chi connectivity index (χ0v) is 11.4. The van der Waals surface area contributed by atoms with Crippen molar-refractivity contribution in [3.05, 3.63) is 53.6 Å². The fourth-order valence-electron chi connectivity index (χ4n) is 3.11. The molecule has 0 spiro atoms. The lowest BCUT2D eigenvalue weighted by Gasteiger charge is -2.27. The summed E-state index contributed by atoms with van der Waals surface area (Å²) in [4.78, 5) is 24.8. The third kappa shape index (κ3) is 1.91. The zero-order chi connectivity index (χ0) is 14.4. The second-order valence-electron chi connectivity index (χ2n) is 5.43. The molecule has 2 aromatic carbocycles. The van der Waals surface area contributed by atoms with E-state index in [1.807, 2.05) is 12.1 Å². The van der Waals surface area contributed by atoms with Gasteiger partial charge < -0.3 is 0 Å². The third-order valence-corrected chi connectivity index (χ3v) is 4.14. The number of benzene rings is 2. The van der Waals surface area contributed by atoms with Gasteiger partial charge in [-0.3, -0.25) is 15.0 Å². The van der Waals surface area contributed by atoms with Gasteiger partial charge in [0.15, 0.2) is 0 Å². The van der Waals surface area contributed by atoms with Crippen molar-refractivity contribution in [3.63, 3.8) is 0 Å². The van der Waals surface area contributed by atoms with Gasteiger partial charge in [-0.2, -0.15) is 0 Å². The predicted octanol–water partition coefficient (Wildman–Crippen LogP) is 2.70. The molecule has 1 N–H and O–H groups in total. The molecule has 1 aliphatic carbocycles. The van der Waals surface area contributed by atoms with Gasteiger partial charge >= 0.3 is 6.03 Å². The lowest BCUT2D eigenvalue weighted by molar-refractivity contribution is -0.120. The van der Waals surface area contributed by atoms with Crippen molar-refractivity contribution in [2.75, 3.05) is 11.4 Å². The Hall–Kier alpha value is -2.62. The van der Waals surface area contributed by atoms with Gasteiger partial charge in [0.2, 0.25) is 5.91 Å². The highest BCUT2D eigenvalue weighted by molar-refractivity contribution is 6.05. The first kappa shape index (κ1) is 12.1. The Labute approximate surface area is 122 Å². The molecule has 2 aliphatic rings. The van der Waals surface area contributed by atoms with Crippen LogP contribution < -0.4 is 10.2 Å². The molecule has 1 fully saturated rings. The number of nitrogens with zero attached hydrogens (tertiary/aromatic N) is 1. The van der Waals surface area contributed by atoms with Crippen molar-refractivity contribution in [1.29, 1.82) is 0 Å². The van der Waals surface area contributed by atoms with E-state index in [9.17, 15) is 9.59 Å². The van der Waals surface area contributed by atoms with Crippen LogP contribution in [0.5, 0.6) is 0 Å². The number of rotatable bonds is 1. The zero-order valence-electron chi connectivity index (χ0n) is 11.4. The average molecular weight is 278 g/mol. The maximum absolute atomic E-state index is 11.9. The highest BCUT2D eigenvalue weighted by atomic mass is 16.2. The van der Waals surface area contributed by atoms with Gasteiger partial charge in [-0.1, -0.05) is 30.3 Å². The van der Waals surface area contributed by atoms with Crippen LogP contribution in [-0.2, 0) is 11.2 Å². The first-order valence-corrected chi connectivity index (χ1v) is 7.05. The van der Waals surface area contributed by atoms with Crippen molar-refractivity contribution in [1.82, 2.24) is 5.32 Å². The van der Waals surface area contributed by atoms with Crippen LogP contribution in [-0.4, -0.2) is 18.5 Å². The summed E-state index contributed by atoms with van der Waals surface area (Å²) in [5.41, 5.74) is 5.92. The van der Waals surface area contributed by atoms with Gasteiger partial charge in [0.1, 0.15) is 0 Å². The van der Waals surface area contributed by atoms with E-state index in [2.05, 4.69) is 35.6 Å². The molecule has 0 bridgehead atoms. The molecule has 104 valence electrons. The summed E-state index contributed by atoms with van der Waals surface area (Å²) in [7, 11) is 0. The van der Waals surface area contributed by atoms with E-state index in [-0.39, 0.29) is 11.9 Å². The Kier molecular flexibility index (Phi) is 2.57. The van der Waals surface area contributed by atoms with Crippen LogP contribution in [0, 0.1) is 0 Å². The normalized spacial score (nSPS) is 16.5. The second-order valence-corrected chi connectivity index (χ2v) is 5.43. The van der Waals surface area contributed by atoms with Crippen LogP contribution >= 0.6 is 0 Å². The number of hydrogen-bond acceptors (Lipinski definition) is 2. The summed E-state index contributed by atoms with van der Waals surface area (Å²) in [5.74, 6) is -0.204. The maximum atomic E-state index is 11.9. The topological polar surface area (TPSA) is 49.4 Å². The largest absolute Gasteiger partial charge is 0.328 e. The fourth-order valence-corrected chi connectivity index (χ4v) is 3.11. The van der Waals surface area contributed by atoms with E-state index in [0.717, 1.165) is 12.1 Å². The summed E-state index contributed by atoms with van der Waals surface area (Å²) in [6.45, 7) is 0.441. The molecule has 21 heavy (non-hydrogen) atoms. The standard InChI is InChI=1S/C17H14N2O2/c20-16-7-8-19(17(21)18-16)13-5-6-15-12(10-13)9-11-3-1-2-4-14(11)15/h1-6,10H,7-9H2,(H,18,20,21). The van der Waals surface area contributed by atoms with Crippen molar-refractivity contribution in [2.24, 2.45) is 0 Å². The average Bonchev–Trinajstić information content (AvgIpc) is 2.84. The number of hydrogen-bond donors (Lipinski definition) is 1. The predicted molar refractivity (Wildman–Crippen MR) is 80.2 cm³/mol. The molecular weight excluding hydrogens is 264 g/mol. The van der Waals surface area contributed by atoms with Crippen molar-refractivity contribution in [2.45, 2.75) is 12.8 Å². The lowest BCUT2D eigenvalue weighted by Crippen LogP contribution is -2.49. The van der Waals surface area contributed by atoms with Crippen molar-refractivity contribution >= 4 is 17.6 Å². The SMILES string of the molecule is O=C1CCN(c2ccc3c(c2)Cc2ccccc2-3)C(=O)N1. The minimum atomic E-state index is -0.332. The Balaban J connectivity index is 1.70. The van der Waals surface area contributed by atoms with Crippen LogP contribution in [0.15, 0.2) is 42.5 Å². The second kappa shape index (κ2) is 4.45. The summed E-state index contributed by atoms with van der Waals surface area (Å²) >= 11 is 0. The van der Waals surface area contributed by atoms with Gasteiger partial charge in [-0.05, 0) is 40.8 Å². The highest BCUT2D eigenvalue weighted by Crippen LogP contribution is 2.38. The fraction of sp³-hybridized carbons (Fsp3) is 0.176. The number of nitrogens with one attached hydrogen (secondary N) is 1. The summed E-state index contributed by atoms with van der Waals surface area (Å²) < 4.78 is 0. The molecule has 1 aliphatic heterocycles. The van der Waals surface area contributed by atoms with E-state index in [4.69, 9.17) is 0 Å². The minimum Gasteiger partial charge on any atom is -0.294 e. The number of anilines is 1. The minimum absolute atomic E-state index is 0.204. The molecule has 0 saturated carbocycles. The van der Waals surface area contributed by atoms with Crippen LogP contribution in [0.3, 0.4) is 0 Å². The van der Waals surface area contributed by atoms with Crippen LogP contribution in [0.4, 0.5) is 10.5 Å². The molecule has 0 aromatic heterocycles. The van der Waals surface area contributed by atoms with Crippen LogP contribution in [0.1, 0.15) is 17.5 Å². The quantitative estimate of drug-likeness (QED) is 0.744. The molecule has 2 aromatic rings. The third-order valence-electron chi connectivity index (χ3n) is 4.14. The monoisotopic (exact) mass is 278 g/mol. The van der Waals surface area contributed by atoms with E-state index >= 15 is 0 Å². The molecule has 0 unspecified atom stereocenters. The van der Waals surface area contributed by atoms with E-state index < -0.39 is 0 Å². The van der Waals surface area contributed by atoms with Crippen molar-refractivity contribution < 1.29 is 9.59 Å². The number of urea groups is 1. The number of fused-ring (bicyclic) bond motifs is 3. The Bertz CT molecular complexity index is 767.